The van der Waals surface area contributed by atoms with Gasteiger partial charge < -0.3 is 10.6 Å². The summed E-state index contributed by atoms with van der Waals surface area (Å²) in [5, 5.41) is 9.30. The molecule has 1 aromatic rings. The van der Waals surface area contributed by atoms with Crippen molar-refractivity contribution in [3.8, 4) is 6.07 Å². The number of nitriles is 1. The van der Waals surface area contributed by atoms with Gasteiger partial charge in [-0.25, -0.2) is 0 Å². The Kier molecular flexibility index (Phi) is 4.26. The highest BCUT2D eigenvalue weighted by Gasteiger charge is 2.27. The number of benzene rings is 1. The van der Waals surface area contributed by atoms with Crippen molar-refractivity contribution < 1.29 is 0 Å². The third-order valence-corrected chi connectivity index (χ3v) is 4.32. The lowest BCUT2D eigenvalue weighted by Crippen LogP contribution is -2.46. The van der Waals surface area contributed by atoms with Crippen molar-refractivity contribution in [3.05, 3.63) is 28.2 Å². The van der Waals surface area contributed by atoms with E-state index in [2.05, 4.69) is 33.8 Å². The lowest BCUT2D eigenvalue weighted by molar-refractivity contribution is 0.366. The maximum atomic E-state index is 9.30. The van der Waals surface area contributed by atoms with Gasteiger partial charge >= 0.3 is 0 Å². The van der Waals surface area contributed by atoms with Gasteiger partial charge in [0, 0.05) is 23.6 Å². The largest absolute Gasteiger partial charge is 0.366 e. The molecule has 1 fully saturated rings. The van der Waals surface area contributed by atoms with E-state index in [0.717, 1.165) is 29.5 Å². The lowest BCUT2D eigenvalue weighted by atomic mass is 9.91. The van der Waals surface area contributed by atoms with Crippen LogP contribution in [0.4, 0.5) is 5.69 Å². The van der Waals surface area contributed by atoms with Crippen LogP contribution in [0.25, 0.3) is 0 Å². The molecule has 0 aromatic heterocycles. The van der Waals surface area contributed by atoms with Gasteiger partial charge in [-0.15, -0.1) is 0 Å². The first kappa shape index (κ1) is 13.4. The maximum absolute atomic E-state index is 9.30. The van der Waals surface area contributed by atoms with E-state index in [9.17, 15) is 5.26 Å². The number of halogens is 1. The van der Waals surface area contributed by atoms with Gasteiger partial charge in [0.25, 0.3) is 0 Å². The van der Waals surface area contributed by atoms with Gasteiger partial charge in [-0.3, -0.25) is 0 Å². The molecule has 1 heterocycles. The van der Waals surface area contributed by atoms with Crippen LogP contribution in [0.2, 0.25) is 0 Å². The van der Waals surface area contributed by atoms with Crippen LogP contribution in [0, 0.1) is 17.2 Å². The van der Waals surface area contributed by atoms with E-state index < -0.39 is 0 Å². The average molecular weight is 308 g/mol. The van der Waals surface area contributed by atoms with Crippen LogP contribution in [-0.2, 0) is 0 Å². The first-order valence-corrected chi connectivity index (χ1v) is 7.12. The number of hydrogen-bond acceptors (Lipinski definition) is 3. The second kappa shape index (κ2) is 5.73. The van der Waals surface area contributed by atoms with Crippen molar-refractivity contribution in [1.82, 2.24) is 0 Å². The first-order valence-electron chi connectivity index (χ1n) is 6.32. The molecule has 2 N–H and O–H groups in total. The lowest BCUT2D eigenvalue weighted by Gasteiger charge is -2.40. The molecule has 96 valence electrons. The standard InChI is InChI=1S/C14H18BrN3/c1-10-5-6-18(11(7-10)8-16)14-4-2-3-13(15)12(14)9-17/h2-4,10-11H,5-8,16H2,1H3. The molecular weight excluding hydrogens is 290 g/mol. The highest BCUT2D eigenvalue weighted by atomic mass is 79.9. The normalized spacial score (nSPS) is 23.8. The summed E-state index contributed by atoms with van der Waals surface area (Å²) in [6.45, 7) is 3.89. The fourth-order valence-electron chi connectivity index (χ4n) is 2.65. The second-order valence-corrected chi connectivity index (χ2v) is 5.81. The molecule has 4 heteroatoms. The van der Waals surface area contributed by atoms with E-state index in [1.807, 2.05) is 18.2 Å². The molecule has 0 radical (unpaired) electrons. The molecule has 1 aliphatic rings. The van der Waals surface area contributed by atoms with Crippen molar-refractivity contribution >= 4 is 21.6 Å². The molecule has 18 heavy (non-hydrogen) atoms. The quantitative estimate of drug-likeness (QED) is 0.914. The Labute approximate surface area is 117 Å². The zero-order chi connectivity index (χ0) is 13.1. The molecule has 0 saturated carbocycles. The van der Waals surface area contributed by atoms with Crippen molar-refractivity contribution in [2.45, 2.75) is 25.8 Å². The molecular formula is C14H18BrN3. The zero-order valence-corrected chi connectivity index (χ0v) is 12.2. The molecule has 1 aliphatic heterocycles. The molecule has 0 amide bonds. The molecule has 1 saturated heterocycles. The average Bonchev–Trinajstić information content (AvgIpc) is 2.38. The number of piperidine rings is 1. The fourth-order valence-corrected chi connectivity index (χ4v) is 3.10. The molecule has 0 spiro atoms. The van der Waals surface area contributed by atoms with E-state index >= 15 is 0 Å². The molecule has 3 nitrogen and oxygen atoms in total. The Bertz CT molecular complexity index is 467. The number of nitrogens with two attached hydrogens (primary N) is 1. The molecule has 0 bridgehead atoms. The minimum absolute atomic E-state index is 0.343. The predicted octanol–water partition coefficient (Wildman–Crippen LogP) is 2.88. The minimum atomic E-state index is 0.343. The third kappa shape index (κ3) is 2.52. The number of hydrogen-bond donors (Lipinski definition) is 1. The van der Waals surface area contributed by atoms with Crippen LogP contribution in [0.3, 0.4) is 0 Å². The highest BCUT2D eigenvalue weighted by Crippen LogP contribution is 2.32. The van der Waals surface area contributed by atoms with Crippen LogP contribution < -0.4 is 10.6 Å². The second-order valence-electron chi connectivity index (χ2n) is 4.96. The Balaban J connectivity index is 2.36. The predicted molar refractivity (Wildman–Crippen MR) is 77.4 cm³/mol. The first-order chi connectivity index (χ1) is 8.67. The van der Waals surface area contributed by atoms with Crippen LogP contribution >= 0.6 is 15.9 Å². The molecule has 2 rings (SSSR count). The Hall–Kier alpha value is -1.05. The van der Waals surface area contributed by atoms with Crippen molar-refractivity contribution in [1.29, 1.82) is 5.26 Å². The Morgan fingerprint density at radius 2 is 2.33 bits per heavy atom. The summed E-state index contributed by atoms with van der Waals surface area (Å²) in [5.74, 6) is 0.715. The van der Waals surface area contributed by atoms with Gasteiger partial charge in [0.1, 0.15) is 6.07 Å². The fraction of sp³-hybridized carbons (Fsp3) is 0.500. The summed E-state index contributed by atoms with van der Waals surface area (Å²) in [6.07, 6.45) is 2.27. The van der Waals surface area contributed by atoms with Crippen LogP contribution in [-0.4, -0.2) is 19.1 Å². The summed E-state index contributed by atoms with van der Waals surface area (Å²) in [4.78, 5) is 2.29. The Morgan fingerprint density at radius 1 is 1.56 bits per heavy atom. The smallest absolute Gasteiger partial charge is 0.103 e. The summed E-state index contributed by atoms with van der Waals surface area (Å²) >= 11 is 3.45. The summed E-state index contributed by atoms with van der Waals surface area (Å²) < 4.78 is 0.858. The molecule has 0 aliphatic carbocycles. The van der Waals surface area contributed by atoms with Gasteiger partial charge in [-0.05, 0) is 46.8 Å². The number of rotatable bonds is 2. The number of nitrogens with zero attached hydrogens (tertiary/aromatic N) is 2. The molecule has 1 aromatic carbocycles. The van der Waals surface area contributed by atoms with Crippen molar-refractivity contribution in [2.75, 3.05) is 18.0 Å². The molecule has 2 unspecified atom stereocenters. The monoisotopic (exact) mass is 307 g/mol. The number of anilines is 1. The van der Waals surface area contributed by atoms with E-state index in [1.165, 1.54) is 0 Å². The summed E-state index contributed by atoms with van der Waals surface area (Å²) in [7, 11) is 0. The minimum Gasteiger partial charge on any atom is -0.366 e. The van der Waals surface area contributed by atoms with Crippen molar-refractivity contribution in [3.63, 3.8) is 0 Å². The Morgan fingerprint density at radius 3 is 3.00 bits per heavy atom. The van der Waals surface area contributed by atoms with Crippen molar-refractivity contribution in [2.24, 2.45) is 11.7 Å². The van der Waals surface area contributed by atoms with Gasteiger partial charge in [0.15, 0.2) is 0 Å². The van der Waals surface area contributed by atoms with E-state index in [4.69, 9.17) is 5.73 Å². The summed E-state index contributed by atoms with van der Waals surface area (Å²) in [5.41, 5.74) is 7.61. The van der Waals surface area contributed by atoms with Crippen LogP contribution in [0.15, 0.2) is 22.7 Å². The SMILES string of the molecule is CC1CCN(c2cccc(Br)c2C#N)C(CN)C1. The van der Waals surface area contributed by atoms with Gasteiger partial charge in [0.2, 0.25) is 0 Å². The van der Waals surface area contributed by atoms with Crippen LogP contribution in [0.5, 0.6) is 0 Å². The highest BCUT2D eigenvalue weighted by molar-refractivity contribution is 9.10. The van der Waals surface area contributed by atoms with Gasteiger partial charge in [-0.2, -0.15) is 5.26 Å². The zero-order valence-electron chi connectivity index (χ0n) is 10.6. The van der Waals surface area contributed by atoms with Gasteiger partial charge in [-0.1, -0.05) is 13.0 Å². The van der Waals surface area contributed by atoms with E-state index in [1.54, 1.807) is 0 Å². The third-order valence-electron chi connectivity index (χ3n) is 3.66. The van der Waals surface area contributed by atoms with E-state index in [0.29, 0.717) is 24.1 Å². The maximum Gasteiger partial charge on any atom is 0.103 e. The molecule has 2 atom stereocenters. The topological polar surface area (TPSA) is 53.0 Å². The summed E-state index contributed by atoms with van der Waals surface area (Å²) in [6, 6.07) is 8.53. The van der Waals surface area contributed by atoms with Gasteiger partial charge in [0.05, 0.1) is 11.3 Å². The van der Waals surface area contributed by atoms with Crippen LogP contribution in [0.1, 0.15) is 25.3 Å². The van der Waals surface area contributed by atoms with E-state index in [-0.39, 0.29) is 0 Å².